The second-order valence-corrected chi connectivity index (χ2v) is 2.76. The maximum atomic E-state index is 12.8. The molecule has 0 aliphatic carbocycles. The van der Waals surface area contributed by atoms with Crippen LogP contribution in [0.25, 0.3) is 0 Å². The summed E-state index contributed by atoms with van der Waals surface area (Å²) in [6.45, 7) is -0.628. The average molecular weight is 198 g/mol. The molecule has 0 aromatic heterocycles. The van der Waals surface area contributed by atoms with Crippen molar-refractivity contribution < 1.29 is 34.6 Å². The molecule has 1 saturated heterocycles. The Morgan fingerprint density at radius 3 is 2.38 bits per heavy atom. The minimum Gasteiger partial charge on any atom is -0.394 e. The average Bonchev–Trinajstić information content (AvgIpc) is 2.12. The van der Waals surface area contributed by atoms with Crippen molar-refractivity contribution >= 4 is 0 Å². The van der Waals surface area contributed by atoms with E-state index in [1.807, 2.05) is 0 Å². The molecule has 78 valence electrons. The zero-order valence-corrected chi connectivity index (χ0v) is 6.58. The van der Waals surface area contributed by atoms with Crippen LogP contribution in [0.15, 0.2) is 0 Å². The molecule has 0 aromatic rings. The summed E-state index contributed by atoms with van der Waals surface area (Å²) in [6.07, 6.45) is -8.07. The summed E-state index contributed by atoms with van der Waals surface area (Å²) in [7, 11) is 0. The van der Waals surface area contributed by atoms with Crippen LogP contribution in [-0.4, -0.2) is 58.0 Å². The summed E-state index contributed by atoms with van der Waals surface area (Å²) < 4.78 is 17.2. The van der Waals surface area contributed by atoms with Crippen molar-refractivity contribution in [2.75, 3.05) is 6.61 Å². The van der Waals surface area contributed by atoms with Gasteiger partial charge in [-0.1, -0.05) is 0 Å². The minimum atomic E-state index is -2.08. The molecule has 0 saturated carbocycles. The van der Waals surface area contributed by atoms with Crippen molar-refractivity contribution in [3.63, 3.8) is 0 Å². The Morgan fingerprint density at radius 1 is 1.31 bits per heavy atom. The van der Waals surface area contributed by atoms with Crippen molar-refractivity contribution in [2.24, 2.45) is 0 Å². The molecule has 0 bridgehead atoms. The van der Waals surface area contributed by atoms with Crippen LogP contribution in [0.1, 0.15) is 0 Å². The fourth-order valence-electron chi connectivity index (χ4n) is 1.16. The Bertz CT molecular complexity index is 167. The van der Waals surface area contributed by atoms with E-state index in [1.165, 1.54) is 0 Å². The van der Waals surface area contributed by atoms with Gasteiger partial charge in [-0.15, -0.1) is 0 Å². The molecule has 0 amide bonds. The molecule has 0 radical (unpaired) electrons. The quantitative estimate of drug-likeness (QED) is 0.310. The molecule has 1 rings (SSSR count). The van der Waals surface area contributed by atoms with Crippen molar-refractivity contribution in [1.82, 2.24) is 0 Å². The first-order valence-corrected chi connectivity index (χ1v) is 3.68. The lowest BCUT2D eigenvalue weighted by Crippen LogP contribution is -2.57. The van der Waals surface area contributed by atoms with Gasteiger partial charge in [-0.25, -0.2) is 9.28 Å². The minimum absolute atomic E-state index is 0.628. The third-order valence-electron chi connectivity index (χ3n) is 1.93. The van der Waals surface area contributed by atoms with E-state index < -0.39 is 37.4 Å². The predicted octanol–water partition coefficient (Wildman–Crippen LogP) is -1.75. The van der Waals surface area contributed by atoms with Gasteiger partial charge in [0, 0.05) is 0 Å². The van der Waals surface area contributed by atoms with Gasteiger partial charge in [-0.3, -0.25) is 5.26 Å². The lowest BCUT2D eigenvalue weighted by molar-refractivity contribution is -0.369. The lowest BCUT2D eigenvalue weighted by atomic mass is 10.00. The van der Waals surface area contributed by atoms with Crippen LogP contribution in [0, 0.1) is 0 Å². The highest BCUT2D eigenvalue weighted by atomic mass is 19.1. The highest BCUT2D eigenvalue weighted by Gasteiger charge is 2.45. The van der Waals surface area contributed by atoms with Crippen LogP contribution in [0.4, 0.5) is 4.39 Å². The SMILES string of the molecule is OC[C@H]1O[C@H](F)[C@@H](OO)[C@@H](O)[C@@H]1O. The van der Waals surface area contributed by atoms with Gasteiger partial charge < -0.3 is 20.1 Å². The normalized spacial score (nSPS) is 46.4. The summed E-state index contributed by atoms with van der Waals surface area (Å²) in [5.74, 6) is 0. The molecule has 1 heterocycles. The molecule has 4 N–H and O–H groups in total. The number of ether oxygens (including phenoxy) is 1. The zero-order valence-electron chi connectivity index (χ0n) is 6.58. The first-order valence-electron chi connectivity index (χ1n) is 3.68. The summed E-state index contributed by atoms with van der Waals surface area (Å²) in [5, 5.41) is 35.1. The Labute approximate surface area is 73.1 Å². The Morgan fingerprint density at radius 2 is 1.92 bits per heavy atom. The zero-order chi connectivity index (χ0) is 10.0. The van der Waals surface area contributed by atoms with E-state index in [9.17, 15) is 4.39 Å². The molecule has 1 aliphatic heterocycles. The summed E-state index contributed by atoms with van der Waals surface area (Å²) in [5.41, 5.74) is 0. The second kappa shape index (κ2) is 4.27. The van der Waals surface area contributed by atoms with Crippen LogP contribution in [-0.2, 0) is 9.62 Å². The molecule has 0 spiro atoms. The van der Waals surface area contributed by atoms with Gasteiger partial charge in [-0.05, 0) is 0 Å². The topological polar surface area (TPSA) is 99.4 Å². The first kappa shape index (κ1) is 10.8. The molecular weight excluding hydrogens is 187 g/mol. The molecule has 7 heteroatoms. The highest BCUT2D eigenvalue weighted by Crippen LogP contribution is 2.23. The Balaban J connectivity index is 2.66. The van der Waals surface area contributed by atoms with E-state index in [0.717, 1.165) is 0 Å². The van der Waals surface area contributed by atoms with Crippen molar-refractivity contribution in [1.29, 1.82) is 0 Å². The standard InChI is InChI=1S/C6H11FO6/c7-6-5(13-11)4(10)3(9)2(1-8)12-6/h2-6,8-11H,1H2/t2-,3-,4+,5+,6+/m1/s1. The number of hydrogen-bond acceptors (Lipinski definition) is 6. The van der Waals surface area contributed by atoms with E-state index in [-0.39, 0.29) is 0 Å². The van der Waals surface area contributed by atoms with Gasteiger partial charge in [0.15, 0.2) is 6.10 Å². The van der Waals surface area contributed by atoms with Gasteiger partial charge in [0.25, 0.3) is 0 Å². The fourth-order valence-corrected chi connectivity index (χ4v) is 1.16. The van der Waals surface area contributed by atoms with E-state index in [4.69, 9.17) is 20.6 Å². The Kier molecular flexibility index (Phi) is 3.54. The van der Waals surface area contributed by atoms with Gasteiger partial charge in [0.05, 0.1) is 6.61 Å². The van der Waals surface area contributed by atoms with E-state index in [1.54, 1.807) is 0 Å². The van der Waals surface area contributed by atoms with Crippen LogP contribution >= 0.6 is 0 Å². The van der Waals surface area contributed by atoms with Crippen molar-refractivity contribution in [2.45, 2.75) is 30.8 Å². The summed E-state index contributed by atoms with van der Waals surface area (Å²) >= 11 is 0. The van der Waals surface area contributed by atoms with Gasteiger partial charge in [0.1, 0.15) is 18.3 Å². The number of aliphatic hydroxyl groups is 3. The molecule has 5 atom stereocenters. The number of halogens is 1. The smallest absolute Gasteiger partial charge is 0.231 e. The third-order valence-corrected chi connectivity index (χ3v) is 1.93. The number of alkyl halides is 1. The van der Waals surface area contributed by atoms with Crippen LogP contribution < -0.4 is 0 Å². The molecule has 0 aromatic carbocycles. The number of rotatable bonds is 2. The van der Waals surface area contributed by atoms with Crippen LogP contribution in [0.5, 0.6) is 0 Å². The van der Waals surface area contributed by atoms with Crippen LogP contribution in [0.2, 0.25) is 0 Å². The predicted molar refractivity (Wildman–Crippen MR) is 36.4 cm³/mol. The molecule has 1 aliphatic rings. The highest BCUT2D eigenvalue weighted by molar-refractivity contribution is 4.88. The molecular formula is C6H11FO6. The first-order chi connectivity index (χ1) is 6.11. The van der Waals surface area contributed by atoms with Gasteiger partial charge >= 0.3 is 0 Å². The van der Waals surface area contributed by atoms with Gasteiger partial charge in [-0.2, -0.15) is 0 Å². The monoisotopic (exact) mass is 198 g/mol. The summed E-state index contributed by atoms with van der Waals surface area (Å²) in [6, 6.07) is 0. The summed E-state index contributed by atoms with van der Waals surface area (Å²) in [4.78, 5) is 3.59. The van der Waals surface area contributed by atoms with E-state index in [2.05, 4.69) is 9.62 Å². The molecule has 6 nitrogen and oxygen atoms in total. The van der Waals surface area contributed by atoms with Crippen molar-refractivity contribution in [3.8, 4) is 0 Å². The Hall–Kier alpha value is -0.310. The molecule has 13 heavy (non-hydrogen) atoms. The van der Waals surface area contributed by atoms with E-state index in [0.29, 0.717) is 0 Å². The molecule has 0 unspecified atom stereocenters. The fraction of sp³-hybridized carbons (Fsp3) is 1.00. The maximum Gasteiger partial charge on any atom is 0.231 e. The van der Waals surface area contributed by atoms with Gasteiger partial charge in [0.2, 0.25) is 6.36 Å². The largest absolute Gasteiger partial charge is 0.394 e. The second-order valence-electron chi connectivity index (χ2n) is 2.76. The van der Waals surface area contributed by atoms with Crippen molar-refractivity contribution in [3.05, 3.63) is 0 Å². The van der Waals surface area contributed by atoms with Crippen LogP contribution in [0.3, 0.4) is 0 Å². The number of aliphatic hydroxyl groups excluding tert-OH is 3. The lowest BCUT2D eigenvalue weighted by Gasteiger charge is -2.36. The number of hydrogen-bond donors (Lipinski definition) is 4. The third kappa shape index (κ3) is 1.96. The van der Waals surface area contributed by atoms with E-state index >= 15 is 0 Å². The molecule has 1 fully saturated rings. The maximum absolute atomic E-state index is 12.8.